The van der Waals surface area contributed by atoms with Crippen molar-refractivity contribution in [3.63, 3.8) is 0 Å². The van der Waals surface area contributed by atoms with Gasteiger partial charge in [0.2, 0.25) is 0 Å². The summed E-state index contributed by atoms with van der Waals surface area (Å²) in [5, 5.41) is 18.8. The van der Waals surface area contributed by atoms with Gasteiger partial charge in [-0.2, -0.15) is 31.4 Å². The number of ether oxygens (including phenoxy) is 1. The Bertz CT molecular complexity index is 969. The number of aromatic nitrogens is 2. The summed E-state index contributed by atoms with van der Waals surface area (Å²) >= 11 is 0. The van der Waals surface area contributed by atoms with Gasteiger partial charge in [-0.25, -0.2) is 9.59 Å². The highest BCUT2D eigenvalue weighted by molar-refractivity contribution is 5.73. The zero-order valence-electron chi connectivity index (χ0n) is 20.3. The first-order valence-corrected chi connectivity index (χ1v) is 10.7. The zero-order chi connectivity index (χ0) is 28.4. The van der Waals surface area contributed by atoms with Gasteiger partial charge in [-0.05, 0) is 50.8 Å². The van der Waals surface area contributed by atoms with Crippen LogP contribution in [0.2, 0.25) is 0 Å². The van der Waals surface area contributed by atoms with Gasteiger partial charge in [-0.3, -0.25) is 9.58 Å². The molecule has 0 saturated carbocycles. The number of rotatable bonds is 6. The fourth-order valence-electron chi connectivity index (χ4n) is 3.20. The van der Waals surface area contributed by atoms with E-state index in [-0.39, 0.29) is 0 Å². The number of methoxy groups -OCH3 is 1. The van der Waals surface area contributed by atoms with Crippen LogP contribution in [-0.4, -0.2) is 88.4 Å². The Kier molecular flexibility index (Phi) is 11.9. The summed E-state index contributed by atoms with van der Waals surface area (Å²) in [5.41, 5.74) is 2.64. The molecular weight excluding hydrogens is 514 g/mol. The van der Waals surface area contributed by atoms with E-state index in [0.717, 1.165) is 38.3 Å². The third kappa shape index (κ3) is 11.5. The van der Waals surface area contributed by atoms with E-state index in [1.54, 1.807) is 7.11 Å². The summed E-state index contributed by atoms with van der Waals surface area (Å²) < 4.78 is 70.9. The van der Waals surface area contributed by atoms with Gasteiger partial charge < -0.3 is 19.8 Å². The van der Waals surface area contributed by atoms with Crippen molar-refractivity contribution in [1.82, 2.24) is 19.6 Å². The normalized spacial score (nSPS) is 15.6. The number of carboxylic acids is 2. The van der Waals surface area contributed by atoms with Crippen LogP contribution < -0.4 is 4.74 Å². The average molecular weight is 542 g/mol. The number of benzene rings is 1. The lowest BCUT2D eigenvalue weighted by atomic mass is 10.1. The van der Waals surface area contributed by atoms with E-state index in [1.807, 2.05) is 18.3 Å². The molecule has 0 radical (unpaired) electrons. The first kappa shape index (κ1) is 31.7. The van der Waals surface area contributed by atoms with Crippen molar-refractivity contribution in [2.75, 3.05) is 34.3 Å². The van der Waals surface area contributed by atoms with E-state index in [2.05, 4.69) is 51.9 Å². The summed E-state index contributed by atoms with van der Waals surface area (Å²) in [6.07, 6.45) is -7.12. The highest BCUT2D eigenvalue weighted by atomic mass is 19.4. The molecule has 1 atom stereocenters. The Balaban J connectivity index is 0.000000404. The van der Waals surface area contributed by atoms with E-state index in [0.29, 0.717) is 6.04 Å². The lowest BCUT2D eigenvalue weighted by Gasteiger charge is -2.34. The SMILES string of the molecule is COc1ccc(CN2Cc3ccnn3C(CCN(C)C)C2)cc1.O=C(O)C(F)(F)F.O=C(O)C(F)(F)F. The average Bonchev–Trinajstić information content (AvgIpc) is 3.26. The monoisotopic (exact) mass is 542 g/mol. The molecule has 0 spiro atoms. The molecule has 208 valence electrons. The predicted octanol–water partition coefficient (Wildman–Crippen LogP) is 3.67. The first-order valence-electron chi connectivity index (χ1n) is 10.7. The quantitative estimate of drug-likeness (QED) is 0.533. The minimum atomic E-state index is -5.08. The molecule has 0 amide bonds. The standard InChI is InChI=1S/C18H26N4O.2C2HF3O2/c1-20(2)11-9-17-14-21(13-16-8-10-19-22(16)17)12-15-4-6-18(23-3)7-5-15;2*3-2(4,5)1(6)7/h4-8,10,17H,9,11-14H2,1-3H3;2*(H,6,7). The second kappa shape index (κ2) is 13.8. The molecule has 1 aliphatic heterocycles. The summed E-state index contributed by atoms with van der Waals surface area (Å²) in [5.74, 6) is -4.60. The van der Waals surface area contributed by atoms with Crippen LogP contribution in [0.15, 0.2) is 36.5 Å². The molecule has 1 aromatic heterocycles. The number of hydrogen-bond donors (Lipinski definition) is 2. The molecule has 0 fully saturated rings. The van der Waals surface area contributed by atoms with Crippen LogP contribution in [0.1, 0.15) is 23.7 Å². The molecule has 37 heavy (non-hydrogen) atoms. The second-order valence-corrected chi connectivity index (χ2v) is 8.14. The maximum atomic E-state index is 10.6. The van der Waals surface area contributed by atoms with Gasteiger partial charge in [0.25, 0.3) is 0 Å². The van der Waals surface area contributed by atoms with Crippen LogP contribution in [-0.2, 0) is 22.7 Å². The fraction of sp³-hybridized carbons (Fsp3) is 0.500. The molecule has 0 saturated heterocycles. The van der Waals surface area contributed by atoms with Gasteiger partial charge in [0.05, 0.1) is 18.8 Å². The number of hydrogen-bond acceptors (Lipinski definition) is 6. The highest BCUT2D eigenvalue weighted by Crippen LogP contribution is 2.25. The Labute approximate surface area is 208 Å². The minimum Gasteiger partial charge on any atom is -0.497 e. The van der Waals surface area contributed by atoms with Crippen molar-refractivity contribution in [3.8, 4) is 5.75 Å². The largest absolute Gasteiger partial charge is 0.497 e. The van der Waals surface area contributed by atoms with Crippen LogP contribution in [0.25, 0.3) is 0 Å². The molecule has 1 aromatic carbocycles. The van der Waals surface area contributed by atoms with E-state index < -0.39 is 24.3 Å². The summed E-state index contributed by atoms with van der Waals surface area (Å²) in [7, 11) is 5.96. The van der Waals surface area contributed by atoms with Gasteiger partial charge in [0, 0.05) is 25.8 Å². The van der Waals surface area contributed by atoms with Gasteiger partial charge >= 0.3 is 24.3 Å². The predicted molar refractivity (Wildman–Crippen MR) is 119 cm³/mol. The van der Waals surface area contributed by atoms with Gasteiger partial charge in [-0.1, -0.05) is 12.1 Å². The molecule has 15 heteroatoms. The van der Waals surface area contributed by atoms with Gasteiger partial charge in [-0.15, -0.1) is 0 Å². The van der Waals surface area contributed by atoms with Crippen molar-refractivity contribution in [2.45, 2.75) is 37.9 Å². The smallest absolute Gasteiger partial charge is 0.490 e. The van der Waals surface area contributed by atoms with Crippen molar-refractivity contribution < 1.29 is 50.9 Å². The van der Waals surface area contributed by atoms with E-state index in [1.165, 1.54) is 11.3 Å². The molecule has 2 heterocycles. The lowest BCUT2D eigenvalue weighted by Crippen LogP contribution is -2.38. The second-order valence-electron chi connectivity index (χ2n) is 8.14. The Morgan fingerprint density at radius 2 is 1.54 bits per heavy atom. The van der Waals surface area contributed by atoms with Crippen LogP contribution >= 0.6 is 0 Å². The number of fused-ring (bicyclic) bond motifs is 1. The maximum Gasteiger partial charge on any atom is 0.490 e. The van der Waals surface area contributed by atoms with Gasteiger partial charge in [0.1, 0.15) is 5.75 Å². The zero-order valence-corrected chi connectivity index (χ0v) is 20.3. The number of aliphatic carboxylic acids is 2. The number of halogens is 6. The number of alkyl halides is 6. The molecule has 1 unspecified atom stereocenters. The topological polar surface area (TPSA) is 108 Å². The molecule has 0 aliphatic carbocycles. The highest BCUT2D eigenvalue weighted by Gasteiger charge is 2.38. The number of carboxylic acid groups (broad SMARTS) is 2. The van der Waals surface area contributed by atoms with Crippen molar-refractivity contribution in [2.24, 2.45) is 0 Å². The third-order valence-corrected chi connectivity index (χ3v) is 4.91. The third-order valence-electron chi connectivity index (χ3n) is 4.91. The van der Waals surface area contributed by atoms with Gasteiger partial charge in [0.15, 0.2) is 0 Å². The number of nitrogens with zero attached hydrogens (tertiary/aromatic N) is 4. The molecule has 3 rings (SSSR count). The minimum absolute atomic E-state index is 0.453. The first-order chi connectivity index (χ1) is 17.0. The molecule has 9 nitrogen and oxygen atoms in total. The Hall–Kier alpha value is -3.33. The maximum absolute atomic E-state index is 10.6. The summed E-state index contributed by atoms with van der Waals surface area (Å²) in [6, 6.07) is 11.0. The summed E-state index contributed by atoms with van der Waals surface area (Å²) in [4.78, 5) is 22.5. The van der Waals surface area contributed by atoms with Crippen LogP contribution in [0.3, 0.4) is 0 Å². The van der Waals surface area contributed by atoms with Crippen molar-refractivity contribution in [1.29, 1.82) is 0 Å². The molecule has 2 N–H and O–H groups in total. The van der Waals surface area contributed by atoms with E-state index in [9.17, 15) is 26.3 Å². The molecule has 1 aliphatic rings. The molecular formula is C22H28F6N4O5. The van der Waals surface area contributed by atoms with Crippen molar-refractivity contribution >= 4 is 11.9 Å². The van der Waals surface area contributed by atoms with Crippen molar-refractivity contribution in [3.05, 3.63) is 47.8 Å². The summed E-state index contributed by atoms with van der Waals surface area (Å²) in [6.45, 7) is 4.06. The van der Waals surface area contributed by atoms with Crippen LogP contribution in [0.5, 0.6) is 5.75 Å². The molecule has 2 aromatic rings. The lowest BCUT2D eigenvalue weighted by molar-refractivity contribution is -0.193. The Morgan fingerprint density at radius 1 is 1.03 bits per heavy atom. The van der Waals surface area contributed by atoms with E-state index >= 15 is 0 Å². The fourth-order valence-corrected chi connectivity index (χ4v) is 3.20. The van der Waals surface area contributed by atoms with Crippen LogP contribution in [0, 0.1) is 0 Å². The Morgan fingerprint density at radius 3 is 1.97 bits per heavy atom. The number of carbonyl (C=O) groups is 2. The van der Waals surface area contributed by atoms with Crippen LogP contribution in [0.4, 0.5) is 26.3 Å². The molecule has 0 bridgehead atoms. The van der Waals surface area contributed by atoms with E-state index in [4.69, 9.17) is 24.5 Å².